The summed E-state index contributed by atoms with van der Waals surface area (Å²) in [5.74, 6) is -0.981. The quantitative estimate of drug-likeness (QED) is 0.665. The second kappa shape index (κ2) is 7.36. The van der Waals surface area contributed by atoms with Crippen molar-refractivity contribution in [1.82, 2.24) is 4.98 Å². The molecule has 1 aromatic heterocycles. The minimum absolute atomic E-state index is 0.231. The first-order valence-electron chi connectivity index (χ1n) is 8.42. The lowest BCUT2D eigenvalue weighted by molar-refractivity contribution is -0.136. The van der Waals surface area contributed by atoms with Crippen LogP contribution in [-0.2, 0) is 16.0 Å². The molecule has 0 bridgehead atoms. The predicted molar refractivity (Wildman–Crippen MR) is 106 cm³/mol. The van der Waals surface area contributed by atoms with Crippen molar-refractivity contribution in [3.05, 3.63) is 48.2 Å². The van der Waals surface area contributed by atoms with Crippen molar-refractivity contribution in [2.75, 3.05) is 5.32 Å². The maximum absolute atomic E-state index is 12.0. The monoisotopic (exact) mass is 384 g/mol. The van der Waals surface area contributed by atoms with Gasteiger partial charge in [-0.15, -0.1) is 0 Å². The highest BCUT2D eigenvalue weighted by Crippen LogP contribution is 2.37. The first-order chi connectivity index (χ1) is 12.7. The van der Waals surface area contributed by atoms with Gasteiger partial charge >= 0.3 is 12.1 Å². The number of amides is 1. The Labute approximate surface area is 160 Å². The van der Waals surface area contributed by atoms with Crippen LogP contribution in [0.15, 0.2) is 42.5 Å². The van der Waals surface area contributed by atoms with E-state index in [2.05, 4.69) is 10.3 Å². The predicted octanol–water partition coefficient (Wildman–Crippen LogP) is 4.94. The number of anilines is 1. The summed E-state index contributed by atoms with van der Waals surface area (Å²) in [7, 11) is 0. The van der Waals surface area contributed by atoms with Gasteiger partial charge in [0.1, 0.15) is 5.60 Å². The Morgan fingerprint density at radius 3 is 2.56 bits per heavy atom. The summed E-state index contributed by atoms with van der Waals surface area (Å²) in [6.45, 7) is 5.31. The van der Waals surface area contributed by atoms with Crippen LogP contribution in [0.3, 0.4) is 0 Å². The number of thiazole rings is 1. The highest BCUT2D eigenvalue weighted by atomic mass is 32.1. The summed E-state index contributed by atoms with van der Waals surface area (Å²) in [6, 6.07) is 13.7. The molecule has 7 heteroatoms. The van der Waals surface area contributed by atoms with E-state index in [4.69, 9.17) is 4.74 Å². The standard InChI is InChI=1S/C20H20N2O4S/c1-20(2,3)26-19(25)22-18-21-15(11-16(23)24)17(27-18)14-10-6-8-12-7-4-5-9-13(12)14/h4-10H,11H2,1-3H3,(H,23,24)(H,21,22,25). The fourth-order valence-corrected chi connectivity index (χ4v) is 3.70. The molecule has 1 heterocycles. The average Bonchev–Trinajstić information content (AvgIpc) is 2.93. The summed E-state index contributed by atoms with van der Waals surface area (Å²) < 4.78 is 5.25. The number of ether oxygens (including phenoxy) is 1. The highest BCUT2D eigenvalue weighted by molar-refractivity contribution is 7.19. The van der Waals surface area contributed by atoms with Crippen molar-refractivity contribution in [1.29, 1.82) is 0 Å². The van der Waals surface area contributed by atoms with Crippen molar-refractivity contribution in [2.45, 2.75) is 32.8 Å². The van der Waals surface area contributed by atoms with Crippen LogP contribution in [0.25, 0.3) is 21.2 Å². The zero-order chi connectivity index (χ0) is 19.6. The van der Waals surface area contributed by atoms with Gasteiger partial charge in [-0.1, -0.05) is 53.8 Å². The molecule has 6 nitrogen and oxygen atoms in total. The molecule has 140 valence electrons. The third-order valence-electron chi connectivity index (χ3n) is 3.66. The van der Waals surface area contributed by atoms with Crippen molar-refractivity contribution in [3.8, 4) is 10.4 Å². The fraction of sp³-hybridized carbons (Fsp3) is 0.250. The van der Waals surface area contributed by atoms with Crippen LogP contribution < -0.4 is 5.32 Å². The third kappa shape index (κ3) is 4.62. The topological polar surface area (TPSA) is 88.5 Å². The van der Waals surface area contributed by atoms with E-state index < -0.39 is 17.7 Å². The normalized spacial score (nSPS) is 11.4. The van der Waals surface area contributed by atoms with E-state index in [1.54, 1.807) is 20.8 Å². The van der Waals surface area contributed by atoms with Gasteiger partial charge in [0, 0.05) is 5.56 Å². The molecule has 0 fully saturated rings. The number of hydrogen-bond donors (Lipinski definition) is 2. The second-order valence-electron chi connectivity index (χ2n) is 7.02. The Morgan fingerprint density at radius 1 is 1.15 bits per heavy atom. The smallest absolute Gasteiger partial charge is 0.413 e. The fourth-order valence-electron chi connectivity index (χ4n) is 2.69. The molecule has 0 radical (unpaired) electrons. The van der Waals surface area contributed by atoms with Crippen LogP contribution in [0.4, 0.5) is 9.93 Å². The molecule has 2 N–H and O–H groups in total. The van der Waals surface area contributed by atoms with E-state index in [1.165, 1.54) is 11.3 Å². The maximum atomic E-state index is 12.0. The minimum Gasteiger partial charge on any atom is -0.481 e. The molecule has 0 aliphatic carbocycles. The zero-order valence-corrected chi connectivity index (χ0v) is 16.1. The lowest BCUT2D eigenvalue weighted by Gasteiger charge is -2.18. The number of carbonyl (C=O) groups excluding carboxylic acids is 1. The average molecular weight is 384 g/mol. The van der Waals surface area contributed by atoms with Gasteiger partial charge in [0.2, 0.25) is 0 Å². The molecule has 3 aromatic rings. The van der Waals surface area contributed by atoms with Gasteiger partial charge < -0.3 is 9.84 Å². The number of carboxylic acids is 1. The van der Waals surface area contributed by atoms with Crippen LogP contribution in [0.5, 0.6) is 0 Å². The zero-order valence-electron chi connectivity index (χ0n) is 15.3. The van der Waals surface area contributed by atoms with Gasteiger partial charge in [-0.05, 0) is 31.5 Å². The van der Waals surface area contributed by atoms with Crippen molar-refractivity contribution in [3.63, 3.8) is 0 Å². The first-order valence-corrected chi connectivity index (χ1v) is 9.24. The minimum atomic E-state index is -0.981. The van der Waals surface area contributed by atoms with E-state index >= 15 is 0 Å². The molecule has 0 atom stereocenters. The van der Waals surface area contributed by atoms with E-state index in [1.807, 2.05) is 42.5 Å². The summed E-state index contributed by atoms with van der Waals surface area (Å²) >= 11 is 1.24. The Balaban J connectivity index is 2.02. The van der Waals surface area contributed by atoms with Crippen LogP contribution >= 0.6 is 11.3 Å². The van der Waals surface area contributed by atoms with E-state index in [9.17, 15) is 14.7 Å². The highest BCUT2D eigenvalue weighted by Gasteiger charge is 2.21. The van der Waals surface area contributed by atoms with Crippen LogP contribution in [0.2, 0.25) is 0 Å². The van der Waals surface area contributed by atoms with Gasteiger partial charge in [-0.25, -0.2) is 9.78 Å². The largest absolute Gasteiger partial charge is 0.481 e. The lowest BCUT2D eigenvalue weighted by Crippen LogP contribution is -2.27. The Bertz CT molecular complexity index is 999. The Morgan fingerprint density at radius 2 is 1.85 bits per heavy atom. The number of fused-ring (bicyclic) bond motifs is 1. The molecular formula is C20H20N2O4S. The molecule has 0 saturated carbocycles. The van der Waals surface area contributed by atoms with E-state index in [0.717, 1.165) is 21.2 Å². The number of nitrogens with one attached hydrogen (secondary N) is 1. The number of carboxylic acid groups (broad SMARTS) is 1. The van der Waals surface area contributed by atoms with E-state index in [0.29, 0.717) is 10.8 Å². The number of aromatic nitrogens is 1. The SMILES string of the molecule is CC(C)(C)OC(=O)Nc1nc(CC(=O)O)c(-c2cccc3ccccc23)s1. The second-order valence-corrected chi connectivity index (χ2v) is 8.02. The molecule has 27 heavy (non-hydrogen) atoms. The third-order valence-corrected chi connectivity index (χ3v) is 4.70. The van der Waals surface area contributed by atoms with Crippen molar-refractivity contribution in [2.24, 2.45) is 0 Å². The molecular weight excluding hydrogens is 364 g/mol. The summed E-state index contributed by atoms with van der Waals surface area (Å²) in [4.78, 5) is 28.4. The number of aliphatic carboxylic acids is 1. The number of carbonyl (C=O) groups is 2. The van der Waals surface area contributed by atoms with E-state index in [-0.39, 0.29) is 6.42 Å². The van der Waals surface area contributed by atoms with Crippen LogP contribution in [0, 0.1) is 0 Å². The van der Waals surface area contributed by atoms with Gasteiger partial charge in [0.15, 0.2) is 5.13 Å². The van der Waals surface area contributed by atoms with Crippen LogP contribution in [-0.4, -0.2) is 27.8 Å². The molecule has 0 aliphatic heterocycles. The number of nitrogens with zero attached hydrogens (tertiary/aromatic N) is 1. The van der Waals surface area contributed by atoms with Gasteiger partial charge in [0.25, 0.3) is 0 Å². The van der Waals surface area contributed by atoms with Crippen LogP contribution in [0.1, 0.15) is 26.5 Å². The number of rotatable bonds is 4. The first kappa shape index (κ1) is 18.8. The van der Waals surface area contributed by atoms with Crippen molar-refractivity contribution < 1.29 is 19.4 Å². The molecule has 0 aliphatic rings. The van der Waals surface area contributed by atoms with Crippen molar-refractivity contribution >= 4 is 39.3 Å². The summed E-state index contributed by atoms with van der Waals surface area (Å²) in [5, 5.41) is 14.2. The molecule has 1 amide bonds. The van der Waals surface area contributed by atoms with Gasteiger partial charge in [0.05, 0.1) is 17.0 Å². The summed E-state index contributed by atoms with van der Waals surface area (Å²) in [5.41, 5.74) is 0.665. The molecule has 2 aromatic carbocycles. The molecule has 0 spiro atoms. The maximum Gasteiger partial charge on any atom is 0.413 e. The van der Waals surface area contributed by atoms with Gasteiger partial charge in [-0.2, -0.15) is 0 Å². The summed E-state index contributed by atoms with van der Waals surface area (Å²) in [6.07, 6.45) is -0.854. The molecule has 0 unspecified atom stereocenters. The Kier molecular flexibility index (Phi) is 5.14. The molecule has 3 rings (SSSR count). The van der Waals surface area contributed by atoms with Gasteiger partial charge in [-0.3, -0.25) is 10.1 Å². The number of benzene rings is 2. The number of hydrogen-bond acceptors (Lipinski definition) is 5. The lowest BCUT2D eigenvalue weighted by atomic mass is 10.0. The Hall–Kier alpha value is -2.93. The molecule has 0 saturated heterocycles.